The maximum absolute atomic E-state index is 12.1. The van der Waals surface area contributed by atoms with E-state index in [1.165, 1.54) is 0 Å². The molecule has 0 spiro atoms. The molecule has 0 aliphatic carbocycles. The molecular formula is C15H21ClN2O2. The predicted molar refractivity (Wildman–Crippen MR) is 80.1 cm³/mol. The fourth-order valence-electron chi connectivity index (χ4n) is 2.38. The summed E-state index contributed by atoms with van der Waals surface area (Å²) < 4.78 is 5.55. The number of hydrogen-bond acceptors (Lipinski definition) is 3. The van der Waals surface area contributed by atoms with Crippen LogP contribution in [-0.2, 0) is 11.3 Å². The van der Waals surface area contributed by atoms with Gasteiger partial charge in [-0.1, -0.05) is 17.7 Å². The number of nitrogens with one attached hydrogen (secondary N) is 2. The molecule has 5 heteroatoms. The summed E-state index contributed by atoms with van der Waals surface area (Å²) in [7, 11) is 0. The van der Waals surface area contributed by atoms with Crippen LogP contribution in [0.25, 0.3) is 0 Å². The molecular weight excluding hydrogens is 276 g/mol. The topological polar surface area (TPSA) is 50.4 Å². The molecule has 1 aromatic rings. The first-order valence-corrected chi connectivity index (χ1v) is 7.48. The summed E-state index contributed by atoms with van der Waals surface area (Å²) >= 11 is 5.96. The summed E-state index contributed by atoms with van der Waals surface area (Å²) in [6.07, 6.45) is 1.82. The zero-order chi connectivity index (χ0) is 14.4. The molecule has 4 nitrogen and oxygen atoms in total. The zero-order valence-electron chi connectivity index (χ0n) is 11.7. The van der Waals surface area contributed by atoms with Crippen molar-refractivity contribution >= 4 is 17.5 Å². The van der Waals surface area contributed by atoms with Crippen LogP contribution in [0.4, 0.5) is 0 Å². The van der Waals surface area contributed by atoms with Gasteiger partial charge in [0.1, 0.15) is 5.75 Å². The van der Waals surface area contributed by atoms with Crippen LogP contribution in [-0.4, -0.2) is 25.6 Å². The van der Waals surface area contributed by atoms with Crippen molar-refractivity contribution < 1.29 is 9.53 Å². The molecule has 0 saturated carbocycles. The zero-order valence-corrected chi connectivity index (χ0v) is 12.5. The highest BCUT2D eigenvalue weighted by Crippen LogP contribution is 2.23. The average Bonchev–Trinajstić information content (AvgIpc) is 2.47. The molecule has 20 heavy (non-hydrogen) atoms. The second kappa shape index (κ2) is 7.50. The third-order valence-corrected chi connectivity index (χ3v) is 3.73. The maximum atomic E-state index is 12.1. The number of piperidine rings is 1. The van der Waals surface area contributed by atoms with Crippen molar-refractivity contribution in [3.63, 3.8) is 0 Å². The van der Waals surface area contributed by atoms with E-state index in [0.717, 1.165) is 37.2 Å². The van der Waals surface area contributed by atoms with Crippen LogP contribution in [0.15, 0.2) is 18.2 Å². The van der Waals surface area contributed by atoms with E-state index in [2.05, 4.69) is 10.6 Å². The van der Waals surface area contributed by atoms with Crippen molar-refractivity contribution in [1.82, 2.24) is 10.6 Å². The number of halogens is 1. The number of ether oxygens (including phenoxy) is 1. The van der Waals surface area contributed by atoms with Crippen molar-refractivity contribution in [2.24, 2.45) is 5.92 Å². The normalized spacial score (nSPS) is 15.9. The molecule has 1 amide bonds. The van der Waals surface area contributed by atoms with Gasteiger partial charge in [-0.25, -0.2) is 0 Å². The first kappa shape index (κ1) is 15.1. The average molecular weight is 297 g/mol. The summed E-state index contributed by atoms with van der Waals surface area (Å²) in [6.45, 7) is 4.83. The van der Waals surface area contributed by atoms with Gasteiger partial charge in [0.2, 0.25) is 5.91 Å². The second-order valence-corrected chi connectivity index (χ2v) is 5.36. The highest BCUT2D eigenvalue weighted by molar-refractivity contribution is 6.30. The van der Waals surface area contributed by atoms with E-state index in [-0.39, 0.29) is 11.8 Å². The maximum Gasteiger partial charge on any atom is 0.223 e. The molecule has 1 fully saturated rings. The Kier molecular flexibility index (Phi) is 5.68. The minimum absolute atomic E-state index is 0.124. The minimum atomic E-state index is 0.124. The predicted octanol–water partition coefficient (Wildman–Crippen LogP) is 2.35. The number of benzene rings is 1. The standard InChI is InChI=1S/C15H21ClN2O2/c1-2-20-14-9-13(16)4-3-12(14)10-18-15(19)11-5-7-17-8-6-11/h3-4,9,11,17H,2,5-8,10H2,1H3,(H,18,19). The highest BCUT2D eigenvalue weighted by atomic mass is 35.5. The lowest BCUT2D eigenvalue weighted by atomic mass is 9.97. The summed E-state index contributed by atoms with van der Waals surface area (Å²) in [5, 5.41) is 6.90. The summed E-state index contributed by atoms with van der Waals surface area (Å²) in [5.41, 5.74) is 0.957. The van der Waals surface area contributed by atoms with Gasteiger partial charge in [-0.3, -0.25) is 4.79 Å². The molecule has 0 atom stereocenters. The van der Waals surface area contributed by atoms with Crippen LogP contribution >= 0.6 is 11.6 Å². The molecule has 2 rings (SSSR count). The van der Waals surface area contributed by atoms with Gasteiger partial charge in [0.25, 0.3) is 0 Å². The third kappa shape index (κ3) is 4.12. The number of carbonyl (C=O) groups is 1. The van der Waals surface area contributed by atoms with Crippen LogP contribution < -0.4 is 15.4 Å². The van der Waals surface area contributed by atoms with E-state index in [9.17, 15) is 4.79 Å². The Morgan fingerprint density at radius 1 is 1.45 bits per heavy atom. The molecule has 0 aromatic heterocycles. The molecule has 1 heterocycles. The van der Waals surface area contributed by atoms with Gasteiger partial charge >= 0.3 is 0 Å². The molecule has 0 bridgehead atoms. The van der Waals surface area contributed by atoms with Gasteiger partial charge in [-0.2, -0.15) is 0 Å². The van der Waals surface area contributed by atoms with Crippen molar-refractivity contribution in [1.29, 1.82) is 0 Å². The second-order valence-electron chi connectivity index (χ2n) is 4.93. The number of amides is 1. The van der Waals surface area contributed by atoms with Crippen molar-refractivity contribution in [3.05, 3.63) is 28.8 Å². The van der Waals surface area contributed by atoms with Gasteiger partial charge in [0.15, 0.2) is 0 Å². The Hall–Kier alpha value is -1.26. The first-order chi connectivity index (χ1) is 9.70. The van der Waals surface area contributed by atoms with Crippen molar-refractivity contribution in [3.8, 4) is 5.75 Å². The molecule has 1 aliphatic rings. The molecule has 2 N–H and O–H groups in total. The van der Waals surface area contributed by atoms with E-state index >= 15 is 0 Å². The molecule has 0 radical (unpaired) electrons. The van der Waals surface area contributed by atoms with Gasteiger partial charge in [0, 0.05) is 23.0 Å². The first-order valence-electron chi connectivity index (χ1n) is 7.10. The van der Waals surface area contributed by atoms with Crippen LogP contribution in [0.1, 0.15) is 25.3 Å². The largest absolute Gasteiger partial charge is 0.493 e. The number of hydrogen-bond donors (Lipinski definition) is 2. The molecule has 1 saturated heterocycles. The van der Waals surface area contributed by atoms with Crippen LogP contribution in [0.3, 0.4) is 0 Å². The summed E-state index contributed by atoms with van der Waals surface area (Å²) in [6, 6.07) is 5.50. The Balaban J connectivity index is 1.94. The van der Waals surface area contributed by atoms with E-state index < -0.39 is 0 Å². The van der Waals surface area contributed by atoms with Crippen LogP contribution in [0, 0.1) is 5.92 Å². The van der Waals surface area contributed by atoms with E-state index in [1.807, 2.05) is 19.1 Å². The Labute approximate surface area is 124 Å². The van der Waals surface area contributed by atoms with Crippen LogP contribution in [0.2, 0.25) is 5.02 Å². The number of rotatable bonds is 5. The Bertz CT molecular complexity index is 459. The van der Waals surface area contributed by atoms with Crippen LogP contribution in [0.5, 0.6) is 5.75 Å². The van der Waals surface area contributed by atoms with Gasteiger partial charge in [-0.05, 0) is 45.0 Å². The lowest BCUT2D eigenvalue weighted by Gasteiger charge is -2.22. The monoisotopic (exact) mass is 296 g/mol. The van der Waals surface area contributed by atoms with Gasteiger partial charge in [0.05, 0.1) is 6.61 Å². The number of carbonyl (C=O) groups excluding carboxylic acids is 1. The molecule has 1 aliphatic heterocycles. The quantitative estimate of drug-likeness (QED) is 0.877. The summed E-state index contributed by atoms with van der Waals surface area (Å²) in [5.74, 6) is 0.994. The van der Waals surface area contributed by atoms with E-state index in [4.69, 9.17) is 16.3 Å². The SMILES string of the molecule is CCOc1cc(Cl)ccc1CNC(=O)C1CCNCC1. The van der Waals surface area contributed by atoms with Crippen molar-refractivity contribution in [2.45, 2.75) is 26.3 Å². The lowest BCUT2D eigenvalue weighted by molar-refractivity contribution is -0.125. The molecule has 1 aromatic carbocycles. The molecule has 110 valence electrons. The van der Waals surface area contributed by atoms with E-state index in [0.29, 0.717) is 18.2 Å². The van der Waals surface area contributed by atoms with Gasteiger partial charge in [-0.15, -0.1) is 0 Å². The van der Waals surface area contributed by atoms with E-state index in [1.54, 1.807) is 6.07 Å². The Morgan fingerprint density at radius 2 is 2.20 bits per heavy atom. The third-order valence-electron chi connectivity index (χ3n) is 3.49. The fourth-order valence-corrected chi connectivity index (χ4v) is 2.54. The molecule has 0 unspecified atom stereocenters. The lowest BCUT2D eigenvalue weighted by Crippen LogP contribution is -2.37. The smallest absolute Gasteiger partial charge is 0.223 e. The van der Waals surface area contributed by atoms with Gasteiger partial charge < -0.3 is 15.4 Å². The minimum Gasteiger partial charge on any atom is -0.493 e. The fraction of sp³-hybridized carbons (Fsp3) is 0.533. The summed E-state index contributed by atoms with van der Waals surface area (Å²) in [4.78, 5) is 12.1. The highest BCUT2D eigenvalue weighted by Gasteiger charge is 2.20. The van der Waals surface area contributed by atoms with Crippen molar-refractivity contribution in [2.75, 3.05) is 19.7 Å². The Morgan fingerprint density at radius 3 is 2.90 bits per heavy atom.